The van der Waals surface area contributed by atoms with E-state index in [1.54, 1.807) is 0 Å². The fourth-order valence-electron chi connectivity index (χ4n) is 0.873. The Kier molecular flexibility index (Phi) is 3.18. The second kappa shape index (κ2) is 4.24. The first-order valence-electron chi connectivity index (χ1n) is 3.31. The third kappa shape index (κ3) is 2.33. The van der Waals surface area contributed by atoms with Gasteiger partial charge in [0, 0.05) is 13.1 Å². The summed E-state index contributed by atoms with van der Waals surface area (Å²) in [4.78, 5) is 9.75. The lowest BCUT2D eigenvalue weighted by molar-refractivity contribution is -0.133. The first-order valence-corrected chi connectivity index (χ1v) is 3.31. The third-order valence-electron chi connectivity index (χ3n) is 1.35. The van der Waals surface area contributed by atoms with Crippen LogP contribution in [0.5, 0.6) is 0 Å². The van der Waals surface area contributed by atoms with Crippen LogP contribution in [-0.4, -0.2) is 38.9 Å². The zero-order valence-electron chi connectivity index (χ0n) is 5.71. The molecule has 58 valence electrons. The summed E-state index contributed by atoms with van der Waals surface area (Å²) in [5.74, 6) is 0. The van der Waals surface area contributed by atoms with Crippen LogP contribution in [0.3, 0.4) is 0 Å². The average Bonchev–Trinajstić information content (AvgIpc) is 2.03. The fourth-order valence-corrected chi connectivity index (χ4v) is 0.873. The van der Waals surface area contributed by atoms with Gasteiger partial charge >= 0.3 is 0 Å². The molecule has 1 saturated heterocycles. The van der Waals surface area contributed by atoms with Gasteiger partial charge in [0.1, 0.15) is 12.7 Å². The lowest BCUT2D eigenvalue weighted by Gasteiger charge is -2.22. The molecule has 10 heavy (non-hydrogen) atoms. The predicted octanol–water partition coefficient (Wildman–Crippen LogP) is -0.852. The molecule has 1 heterocycles. The van der Waals surface area contributed by atoms with Crippen LogP contribution in [0.4, 0.5) is 0 Å². The molecule has 0 aromatic heterocycles. The Bertz CT molecular complexity index is 101. The molecule has 0 aromatic carbocycles. The zero-order valence-corrected chi connectivity index (χ0v) is 5.71. The summed E-state index contributed by atoms with van der Waals surface area (Å²) in [7, 11) is 0. The number of rotatable bonds is 3. The van der Waals surface area contributed by atoms with E-state index in [0.717, 1.165) is 13.1 Å². The van der Waals surface area contributed by atoms with Crippen molar-refractivity contribution in [3.05, 3.63) is 0 Å². The summed E-state index contributed by atoms with van der Waals surface area (Å²) in [6.07, 6.45) is 0.0407. The number of carbonyl (C=O) groups is 1. The standard InChI is InChI=1S/C6H11NO3/c8-5-9-4-6-3-7-1-2-10-6/h5-7H,1-4H2. The van der Waals surface area contributed by atoms with Crippen LogP contribution in [0.1, 0.15) is 0 Å². The molecule has 1 aliphatic rings. The summed E-state index contributed by atoms with van der Waals surface area (Å²) in [5, 5.41) is 3.12. The van der Waals surface area contributed by atoms with E-state index in [1.807, 2.05) is 0 Å². The molecule has 0 saturated carbocycles. The molecule has 0 radical (unpaired) electrons. The van der Waals surface area contributed by atoms with Crippen molar-refractivity contribution in [1.82, 2.24) is 5.32 Å². The van der Waals surface area contributed by atoms with Crippen molar-refractivity contribution in [1.29, 1.82) is 0 Å². The summed E-state index contributed by atoms with van der Waals surface area (Å²) >= 11 is 0. The highest BCUT2D eigenvalue weighted by Crippen LogP contribution is 1.94. The normalized spacial score (nSPS) is 25.8. The molecule has 1 rings (SSSR count). The first-order chi connectivity index (χ1) is 4.93. The molecule has 1 fully saturated rings. The quantitative estimate of drug-likeness (QED) is 0.525. The van der Waals surface area contributed by atoms with Gasteiger partial charge in [-0.1, -0.05) is 0 Å². The van der Waals surface area contributed by atoms with Gasteiger partial charge in [-0.2, -0.15) is 0 Å². The molecule has 4 nitrogen and oxygen atoms in total. The van der Waals surface area contributed by atoms with Crippen molar-refractivity contribution in [2.24, 2.45) is 0 Å². The second-order valence-electron chi connectivity index (χ2n) is 2.13. The molecule has 0 aromatic rings. The van der Waals surface area contributed by atoms with E-state index >= 15 is 0 Å². The number of nitrogens with one attached hydrogen (secondary N) is 1. The third-order valence-corrected chi connectivity index (χ3v) is 1.35. The highest BCUT2D eigenvalue weighted by Gasteiger charge is 2.12. The van der Waals surface area contributed by atoms with Crippen LogP contribution in [0.2, 0.25) is 0 Å². The molecular formula is C6H11NO3. The summed E-state index contributed by atoms with van der Waals surface area (Å²) in [6.45, 7) is 3.16. The van der Waals surface area contributed by atoms with Gasteiger partial charge in [-0.05, 0) is 0 Å². The van der Waals surface area contributed by atoms with E-state index in [2.05, 4.69) is 10.1 Å². The summed E-state index contributed by atoms with van der Waals surface area (Å²) in [5.41, 5.74) is 0. The van der Waals surface area contributed by atoms with Crippen LogP contribution >= 0.6 is 0 Å². The van der Waals surface area contributed by atoms with E-state index < -0.39 is 0 Å². The first kappa shape index (κ1) is 7.50. The maximum absolute atomic E-state index is 9.75. The number of carbonyl (C=O) groups excluding carboxylic acids is 1. The van der Waals surface area contributed by atoms with Gasteiger partial charge in [-0.15, -0.1) is 0 Å². The van der Waals surface area contributed by atoms with Crippen molar-refractivity contribution in [3.63, 3.8) is 0 Å². The summed E-state index contributed by atoms with van der Waals surface area (Å²) < 4.78 is 9.76. The molecule has 4 heteroatoms. The predicted molar refractivity (Wildman–Crippen MR) is 34.6 cm³/mol. The topological polar surface area (TPSA) is 47.6 Å². The Labute approximate surface area is 59.5 Å². The monoisotopic (exact) mass is 145 g/mol. The van der Waals surface area contributed by atoms with E-state index in [9.17, 15) is 4.79 Å². The Morgan fingerprint density at radius 2 is 2.70 bits per heavy atom. The van der Waals surface area contributed by atoms with Crippen LogP contribution in [-0.2, 0) is 14.3 Å². The smallest absolute Gasteiger partial charge is 0.293 e. The maximum atomic E-state index is 9.75. The molecule has 1 aliphatic heterocycles. The molecule has 0 aliphatic carbocycles. The van der Waals surface area contributed by atoms with Crippen LogP contribution < -0.4 is 5.32 Å². The fraction of sp³-hybridized carbons (Fsp3) is 0.833. The van der Waals surface area contributed by atoms with Crippen LogP contribution in [0, 0.1) is 0 Å². The Balaban J connectivity index is 2.07. The Hall–Kier alpha value is -0.610. The minimum atomic E-state index is 0.0407. The van der Waals surface area contributed by atoms with E-state index in [0.29, 0.717) is 19.7 Å². The van der Waals surface area contributed by atoms with Gasteiger partial charge in [-0.25, -0.2) is 0 Å². The van der Waals surface area contributed by atoms with Crippen LogP contribution in [0.25, 0.3) is 0 Å². The van der Waals surface area contributed by atoms with Gasteiger partial charge < -0.3 is 14.8 Å². The lowest BCUT2D eigenvalue weighted by atomic mass is 10.3. The number of hydrogen-bond donors (Lipinski definition) is 1. The average molecular weight is 145 g/mol. The second-order valence-corrected chi connectivity index (χ2v) is 2.13. The van der Waals surface area contributed by atoms with Gasteiger partial charge in [-0.3, -0.25) is 4.79 Å². The molecule has 1 atom stereocenters. The van der Waals surface area contributed by atoms with Crippen molar-refractivity contribution < 1.29 is 14.3 Å². The van der Waals surface area contributed by atoms with Gasteiger partial charge in [0.05, 0.1) is 6.61 Å². The van der Waals surface area contributed by atoms with E-state index in [-0.39, 0.29) is 6.10 Å². The number of hydrogen-bond acceptors (Lipinski definition) is 4. The van der Waals surface area contributed by atoms with Crippen molar-refractivity contribution in [2.75, 3.05) is 26.3 Å². The van der Waals surface area contributed by atoms with Gasteiger partial charge in [0.15, 0.2) is 0 Å². The van der Waals surface area contributed by atoms with Crippen molar-refractivity contribution in [3.8, 4) is 0 Å². The van der Waals surface area contributed by atoms with Crippen molar-refractivity contribution >= 4 is 6.47 Å². The van der Waals surface area contributed by atoms with E-state index in [1.165, 1.54) is 0 Å². The Morgan fingerprint density at radius 1 is 1.80 bits per heavy atom. The molecule has 0 spiro atoms. The van der Waals surface area contributed by atoms with Gasteiger partial charge in [0.25, 0.3) is 6.47 Å². The number of ether oxygens (including phenoxy) is 2. The highest BCUT2D eigenvalue weighted by molar-refractivity contribution is 5.36. The largest absolute Gasteiger partial charge is 0.465 e. The SMILES string of the molecule is O=COCC1CNCCO1. The Morgan fingerprint density at radius 3 is 3.30 bits per heavy atom. The minimum absolute atomic E-state index is 0.0407. The molecule has 0 bridgehead atoms. The molecule has 1 unspecified atom stereocenters. The maximum Gasteiger partial charge on any atom is 0.293 e. The van der Waals surface area contributed by atoms with Crippen molar-refractivity contribution in [2.45, 2.75) is 6.10 Å². The summed E-state index contributed by atoms with van der Waals surface area (Å²) in [6, 6.07) is 0. The molecule has 0 amide bonds. The lowest BCUT2D eigenvalue weighted by Crippen LogP contribution is -2.40. The number of morpholine rings is 1. The van der Waals surface area contributed by atoms with Crippen LogP contribution in [0.15, 0.2) is 0 Å². The van der Waals surface area contributed by atoms with E-state index in [4.69, 9.17) is 4.74 Å². The highest BCUT2D eigenvalue weighted by atomic mass is 16.6. The van der Waals surface area contributed by atoms with Gasteiger partial charge in [0.2, 0.25) is 0 Å². The molecule has 1 N–H and O–H groups in total. The minimum Gasteiger partial charge on any atom is -0.465 e. The molecular weight excluding hydrogens is 134 g/mol. The zero-order chi connectivity index (χ0) is 7.23.